The Morgan fingerprint density at radius 2 is 0.536 bits per heavy atom. The Bertz CT molecular complexity index is 6920. The molecule has 4 saturated heterocycles. The molecule has 0 spiro atoms. The predicted octanol–water partition coefficient (Wildman–Crippen LogP) is 22.4. The van der Waals surface area contributed by atoms with E-state index in [-0.39, 0.29) is 78.5 Å². The van der Waals surface area contributed by atoms with Crippen LogP contribution in [0, 0.1) is 12.7 Å². The van der Waals surface area contributed by atoms with Crippen LogP contribution in [0.2, 0.25) is 30.1 Å². The maximum absolute atomic E-state index is 13.4. The Balaban J connectivity index is 0.000000157. The van der Waals surface area contributed by atoms with Gasteiger partial charge in [0.05, 0.1) is 99.2 Å². The molecule has 728 valence electrons. The van der Waals surface area contributed by atoms with Gasteiger partial charge >= 0.3 is 0 Å². The van der Waals surface area contributed by atoms with Crippen molar-refractivity contribution in [2.24, 2.45) is 0 Å². The molecule has 0 radical (unpaired) electrons. The van der Waals surface area contributed by atoms with E-state index < -0.39 is 69.5 Å². The molecule has 0 bridgehead atoms. The summed E-state index contributed by atoms with van der Waals surface area (Å²) in [4.78, 5) is 101. The monoisotopic (exact) mass is 2090 g/mol. The van der Waals surface area contributed by atoms with Crippen molar-refractivity contribution in [2.45, 2.75) is 84.0 Å². The highest BCUT2D eigenvalue weighted by Gasteiger charge is 2.31. The fraction of sp³-hybridized carbons (Fsp3) is 0.208. The summed E-state index contributed by atoms with van der Waals surface area (Å²) in [5.74, 6) is -3.31. The number of carbonyl (C=O) groups excluding carboxylic acids is 8. The predicted molar refractivity (Wildman–Crippen MR) is 556 cm³/mol. The van der Waals surface area contributed by atoms with Crippen LogP contribution in [0.25, 0.3) is 0 Å². The normalized spacial score (nSPS) is 15.2. The molecule has 0 aliphatic carbocycles. The summed E-state index contributed by atoms with van der Waals surface area (Å²) >= 11 is 37.2. The number of hydrogen-bond acceptors (Lipinski definition) is 16. The van der Waals surface area contributed by atoms with Crippen molar-refractivity contribution in [1.29, 1.82) is 0 Å². The first-order chi connectivity index (χ1) is 66.9. The number of anilines is 12. The molecule has 4 aliphatic rings. The number of rotatable bonds is 20. The van der Waals surface area contributed by atoms with Crippen LogP contribution in [-0.2, 0) is 40.1 Å². The fourth-order valence-electron chi connectivity index (χ4n) is 15.2. The van der Waals surface area contributed by atoms with Crippen LogP contribution in [-0.4, -0.2) is 130 Å². The molecule has 8 amide bonds. The lowest BCUT2D eigenvalue weighted by atomic mass is 10.1. The largest absolute Gasteiger partial charge is 0.322 e. The Labute approximate surface area is 840 Å². The molecule has 140 heavy (non-hydrogen) atoms. The average molecular weight is 2090 g/mol. The minimum atomic E-state index is -3.43. The molecule has 0 saturated carbocycles. The van der Waals surface area contributed by atoms with Gasteiger partial charge in [0.1, 0.15) is 5.82 Å². The van der Waals surface area contributed by atoms with Gasteiger partial charge in [-0.1, -0.05) is 143 Å². The highest BCUT2D eigenvalue weighted by Crippen LogP contribution is 2.36. The minimum Gasteiger partial charge on any atom is -0.322 e. The van der Waals surface area contributed by atoms with Crippen LogP contribution in [0.3, 0.4) is 0 Å². The summed E-state index contributed by atoms with van der Waals surface area (Å²) in [6.07, 6.45) is 9.21. The van der Waals surface area contributed by atoms with Crippen LogP contribution in [0.1, 0.15) is 165 Å². The zero-order valence-corrected chi connectivity index (χ0v) is 82.9. The number of hydrogen-bond donors (Lipinski definition) is 8. The number of nitrogens with zero attached hydrogens (tertiary/aromatic N) is 4. The van der Waals surface area contributed by atoms with Gasteiger partial charge in [-0.2, -0.15) is 0 Å². The number of amides is 8. The first kappa shape index (κ1) is 104. The van der Waals surface area contributed by atoms with Gasteiger partial charge in [-0.3, -0.25) is 55.6 Å². The van der Waals surface area contributed by atoms with Crippen LogP contribution in [0.4, 0.5) is 72.6 Å². The number of aryl methyl sites for hydroxylation is 1. The van der Waals surface area contributed by atoms with Crippen molar-refractivity contribution < 1.29 is 76.4 Å². The number of benzene rings is 12. The highest BCUT2D eigenvalue weighted by atomic mass is 35.5. The molecular formula is C101H95Cl6FN12O16S4. The molecule has 4 aliphatic heterocycles. The second kappa shape index (κ2) is 47.8. The lowest BCUT2D eigenvalue weighted by Crippen LogP contribution is -2.32. The SMILES string of the molecule is Cc1cccc(C(=O)Nc2cc(NC(=O)c3ccc(N4CCCCCS4(=O)=O)cc3)ccc2Cl)c1.O=C(Nc1cc(NC(=O)c2ccc(N3CCCCCS3(=O)=O)cc2Cl)ccc1Cl)c1cccc(Cl)c1.O=C(Nc1ccc(Cl)c(NC(=O)c2cccc(F)c2)c1)c1ccc(N2CCCCCS2(=O)=O)cc1.O=C(Nc1ccc(Cl)c(NC(=O)c2ccccc2)c1)c1ccc(N2CCCCCS2(=O)=O)cc1. The molecule has 0 unspecified atom stereocenters. The Morgan fingerprint density at radius 3 is 0.871 bits per heavy atom. The fourth-order valence-corrected chi connectivity index (χ4v) is 22.9. The Morgan fingerprint density at radius 1 is 0.250 bits per heavy atom. The van der Waals surface area contributed by atoms with E-state index in [1.54, 1.807) is 194 Å². The van der Waals surface area contributed by atoms with Crippen LogP contribution in [0.5, 0.6) is 0 Å². The highest BCUT2D eigenvalue weighted by molar-refractivity contribution is 7.93. The first-order valence-corrected chi connectivity index (χ1v) is 53.1. The second-order valence-electron chi connectivity index (χ2n) is 32.8. The lowest BCUT2D eigenvalue weighted by Gasteiger charge is -2.22. The van der Waals surface area contributed by atoms with E-state index in [0.717, 1.165) is 63.0 Å². The maximum Gasteiger partial charge on any atom is 0.257 e. The average Bonchev–Trinajstić information content (AvgIpc) is 1.36. The van der Waals surface area contributed by atoms with Crippen molar-refractivity contribution in [3.63, 3.8) is 0 Å². The number of carbonyl (C=O) groups is 8. The van der Waals surface area contributed by atoms with Gasteiger partial charge in [0, 0.05) is 92.9 Å². The third-order valence-electron chi connectivity index (χ3n) is 22.5. The topological polar surface area (TPSA) is 382 Å². The first-order valence-electron chi connectivity index (χ1n) is 44.4. The van der Waals surface area contributed by atoms with Crippen LogP contribution < -0.4 is 59.8 Å². The van der Waals surface area contributed by atoms with Crippen molar-refractivity contribution >= 4 is 225 Å². The van der Waals surface area contributed by atoms with E-state index in [4.69, 9.17) is 69.6 Å². The van der Waals surface area contributed by atoms with Gasteiger partial charge < -0.3 is 42.5 Å². The van der Waals surface area contributed by atoms with Crippen molar-refractivity contribution in [1.82, 2.24) is 0 Å². The van der Waals surface area contributed by atoms with Gasteiger partial charge in [0.15, 0.2) is 0 Å². The molecule has 4 heterocycles. The van der Waals surface area contributed by atoms with Gasteiger partial charge in [0.25, 0.3) is 47.3 Å². The molecular weight excluding hydrogens is 2000 g/mol. The number of nitrogens with one attached hydrogen (secondary N) is 8. The standard InChI is InChI=1S/C26H26ClN3O4S.C25H22Cl3N3O4S.C25H23ClFN3O4S.C25H24ClN3O4S/c1-18-6-5-7-20(16-18)26(32)29-24-17-21(10-13-23(24)27)28-25(31)19-8-11-22(12-9-19)30-14-3-2-4-15-35(30,33)34;26-17-6-4-5-16(13-17)24(32)30-23-14-18(7-10-21(23)27)29-25(33)20-9-8-19(15-22(20)28)31-11-2-1-3-12-36(31,34)35;26-22-12-9-20(16-23(22)29-25(32)18-5-4-6-19(27)15-18)28-24(31)17-7-10-21(11-8-17)30-13-2-1-3-14-35(30,33)34;26-22-14-11-20(17-23(22)28-25(31)18-7-3-1-4-8-18)27-24(30)19-9-12-21(13-10-19)29-15-5-2-6-16-34(29,32)33/h5-13,16-17H,2-4,14-15H2,1H3,(H,28,31)(H,29,32);4-10,13-15H,1-3,11-12H2,(H,29,33)(H,30,32);4-12,15-16H,1-3,13-14H2,(H,28,31)(H,29,32);1,3-4,7-14,17H,2,5-6,15-16H2,(H,27,30)(H,28,31). The molecule has 12 aromatic carbocycles. The molecule has 12 aromatic rings. The van der Waals surface area contributed by atoms with E-state index in [1.807, 2.05) is 19.1 Å². The van der Waals surface area contributed by atoms with E-state index in [2.05, 4.69) is 42.5 Å². The zero-order chi connectivity index (χ0) is 100. The summed E-state index contributed by atoms with van der Waals surface area (Å²) in [6.45, 7) is 3.58. The van der Waals surface area contributed by atoms with Crippen molar-refractivity contribution in [2.75, 3.05) is 109 Å². The summed E-state index contributed by atoms with van der Waals surface area (Å²) < 4.78 is 119. The summed E-state index contributed by atoms with van der Waals surface area (Å²) in [5.41, 5.74) is 8.71. The molecule has 4 fully saturated rings. The van der Waals surface area contributed by atoms with Gasteiger partial charge in [-0.05, 0) is 283 Å². The summed E-state index contributed by atoms with van der Waals surface area (Å²) in [6, 6.07) is 70.4. The smallest absolute Gasteiger partial charge is 0.257 e. The molecule has 16 rings (SSSR count). The third-order valence-corrected chi connectivity index (χ3v) is 31.9. The van der Waals surface area contributed by atoms with Gasteiger partial charge in [-0.15, -0.1) is 0 Å². The van der Waals surface area contributed by atoms with Gasteiger partial charge in [0.2, 0.25) is 40.1 Å². The van der Waals surface area contributed by atoms with Crippen molar-refractivity contribution in [3.05, 3.63) is 353 Å². The molecule has 28 nitrogen and oxygen atoms in total. The van der Waals surface area contributed by atoms with Gasteiger partial charge in [-0.25, -0.2) is 38.1 Å². The number of halogens is 7. The maximum atomic E-state index is 13.4. The lowest BCUT2D eigenvalue weighted by molar-refractivity contribution is 0.101. The third kappa shape index (κ3) is 28.5. The Kier molecular flexibility index (Phi) is 35.7. The quantitative estimate of drug-likeness (QED) is 0.0351. The molecule has 39 heteroatoms. The van der Waals surface area contributed by atoms with Crippen LogP contribution in [0.15, 0.2) is 267 Å². The zero-order valence-electron chi connectivity index (χ0n) is 75.1. The second-order valence-corrected chi connectivity index (χ2v) is 43.3. The van der Waals surface area contributed by atoms with E-state index in [9.17, 15) is 76.4 Å². The Hall–Kier alpha value is -12.9. The summed E-state index contributed by atoms with van der Waals surface area (Å²) in [7, 11) is -13.5. The molecule has 0 atom stereocenters. The molecule has 0 aromatic heterocycles. The van der Waals surface area contributed by atoms with E-state index >= 15 is 0 Å². The molecule has 8 N–H and O–H groups in total. The van der Waals surface area contributed by atoms with E-state index in [0.29, 0.717) is 163 Å². The number of sulfonamides is 4. The summed E-state index contributed by atoms with van der Waals surface area (Å²) in [5, 5.41) is 23.6. The minimum absolute atomic E-state index is 0.0829. The van der Waals surface area contributed by atoms with Crippen LogP contribution >= 0.6 is 69.6 Å². The van der Waals surface area contributed by atoms with E-state index in [1.165, 1.54) is 71.8 Å². The van der Waals surface area contributed by atoms with Crippen molar-refractivity contribution in [3.8, 4) is 0 Å².